The molecule has 2 rings (SSSR count). The molecule has 5 heteroatoms. The first-order valence-corrected chi connectivity index (χ1v) is 8.29. The molecule has 0 heterocycles. The fourth-order valence-electron chi connectivity index (χ4n) is 2.44. The second-order valence-electron chi connectivity index (χ2n) is 5.85. The molecular formula is C20H24N2O3. The summed E-state index contributed by atoms with van der Waals surface area (Å²) < 4.78 is 5.14. The lowest BCUT2D eigenvalue weighted by Crippen LogP contribution is -2.38. The molecule has 0 saturated carbocycles. The van der Waals surface area contributed by atoms with Gasteiger partial charge in [0.2, 0.25) is 11.8 Å². The maximum Gasteiger partial charge on any atom is 0.243 e. The molecule has 0 spiro atoms. The van der Waals surface area contributed by atoms with Crippen LogP contribution in [0.2, 0.25) is 0 Å². The summed E-state index contributed by atoms with van der Waals surface area (Å²) in [6.07, 6.45) is 0.292. The van der Waals surface area contributed by atoms with Gasteiger partial charge in [0.25, 0.3) is 0 Å². The number of carbonyl (C=O) groups is 2. The van der Waals surface area contributed by atoms with Crippen LogP contribution in [0.15, 0.2) is 48.5 Å². The van der Waals surface area contributed by atoms with Gasteiger partial charge in [-0.25, -0.2) is 0 Å². The van der Waals surface area contributed by atoms with E-state index in [9.17, 15) is 9.59 Å². The van der Waals surface area contributed by atoms with E-state index in [-0.39, 0.29) is 18.4 Å². The van der Waals surface area contributed by atoms with E-state index < -0.39 is 0 Å². The van der Waals surface area contributed by atoms with Crippen LogP contribution in [0.25, 0.3) is 0 Å². The standard InChI is InChI=1S/C20H24N2O3/c1-4-22(20(24)12-16-10-8-15(2)9-11-16)14-19(23)21-17-6-5-7-18(13-17)25-3/h5-11,13H,4,12,14H2,1-3H3,(H,21,23). The summed E-state index contributed by atoms with van der Waals surface area (Å²) in [7, 11) is 1.57. The van der Waals surface area contributed by atoms with Crippen LogP contribution in [0.4, 0.5) is 5.69 Å². The minimum Gasteiger partial charge on any atom is -0.497 e. The lowest BCUT2D eigenvalue weighted by Gasteiger charge is -2.20. The van der Waals surface area contributed by atoms with Gasteiger partial charge in [-0.15, -0.1) is 0 Å². The van der Waals surface area contributed by atoms with Gasteiger partial charge >= 0.3 is 0 Å². The molecule has 0 aromatic heterocycles. The van der Waals surface area contributed by atoms with Crippen molar-refractivity contribution in [3.05, 3.63) is 59.7 Å². The molecular weight excluding hydrogens is 316 g/mol. The second kappa shape index (κ2) is 8.87. The van der Waals surface area contributed by atoms with Crippen molar-refractivity contribution in [2.45, 2.75) is 20.3 Å². The normalized spacial score (nSPS) is 10.2. The second-order valence-corrected chi connectivity index (χ2v) is 5.85. The molecule has 0 atom stereocenters. The summed E-state index contributed by atoms with van der Waals surface area (Å²) in [5.74, 6) is 0.375. The first-order chi connectivity index (χ1) is 12.0. The Labute approximate surface area is 148 Å². The van der Waals surface area contributed by atoms with Gasteiger partial charge in [-0.05, 0) is 31.5 Å². The number of amides is 2. The van der Waals surface area contributed by atoms with Gasteiger partial charge < -0.3 is 15.0 Å². The molecule has 0 aliphatic rings. The molecule has 0 aliphatic heterocycles. The van der Waals surface area contributed by atoms with Crippen molar-refractivity contribution < 1.29 is 14.3 Å². The van der Waals surface area contributed by atoms with Gasteiger partial charge in [-0.1, -0.05) is 35.9 Å². The molecule has 1 N–H and O–H groups in total. The van der Waals surface area contributed by atoms with E-state index in [1.807, 2.05) is 38.1 Å². The van der Waals surface area contributed by atoms with Crippen LogP contribution in [0.1, 0.15) is 18.1 Å². The number of anilines is 1. The zero-order valence-electron chi connectivity index (χ0n) is 14.9. The largest absolute Gasteiger partial charge is 0.497 e. The van der Waals surface area contributed by atoms with Gasteiger partial charge in [-0.3, -0.25) is 9.59 Å². The van der Waals surface area contributed by atoms with Crippen molar-refractivity contribution in [2.24, 2.45) is 0 Å². The maximum atomic E-state index is 12.4. The van der Waals surface area contributed by atoms with E-state index in [2.05, 4.69) is 5.32 Å². The number of hydrogen-bond acceptors (Lipinski definition) is 3. The Bertz CT molecular complexity index is 726. The predicted molar refractivity (Wildman–Crippen MR) is 98.8 cm³/mol. The van der Waals surface area contributed by atoms with E-state index >= 15 is 0 Å². The Morgan fingerprint density at radius 1 is 1.12 bits per heavy atom. The van der Waals surface area contributed by atoms with E-state index in [0.717, 1.165) is 11.1 Å². The number of ether oxygens (including phenoxy) is 1. The van der Waals surface area contributed by atoms with Crippen molar-refractivity contribution in [1.82, 2.24) is 4.90 Å². The number of carbonyl (C=O) groups excluding carboxylic acids is 2. The van der Waals surface area contributed by atoms with Crippen molar-refractivity contribution in [3.63, 3.8) is 0 Å². The van der Waals surface area contributed by atoms with Crippen LogP contribution in [-0.2, 0) is 16.0 Å². The van der Waals surface area contributed by atoms with E-state index in [4.69, 9.17) is 4.74 Å². The number of nitrogens with one attached hydrogen (secondary N) is 1. The zero-order valence-corrected chi connectivity index (χ0v) is 14.9. The minimum atomic E-state index is -0.229. The molecule has 2 aromatic rings. The molecule has 0 bridgehead atoms. The third kappa shape index (κ3) is 5.64. The van der Waals surface area contributed by atoms with Gasteiger partial charge in [0.1, 0.15) is 5.75 Å². The Morgan fingerprint density at radius 3 is 2.48 bits per heavy atom. The number of methoxy groups -OCH3 is 1. The third-order valence-electron chi connectivity index (χ3n) is 3.90. The van der Waals surface area contributed by atoms with Gasteiger partial charge in [-0.2, -0.15) is 0 Å². The molecule has 2 aromatic carbocycles. The first kappa shape index (κ1) is 18.5. The molecule has 2 amide bonds. The number of likely N-dealkylation sites (N-methyl/N-ethyl adjacent to an activating group) is 1. The first-order valence-electron chi connectivity index (χ1n) is 8.29. The van der Waals surface area contributed by atoms with Crippen LogP contribution in [0.5, 0.6) is 5.75 Å². The SMILES string of the molecule is CCN(CC(=O)Nc1cccc(OC)c1)C(=O)Cc1ccc(C)cc1. The van der Waals surface area contributed by atoms with Crippen LogP contribution in [-0.4, -0.2) is 36.9 Å². The quantitative estimate of drug-likeness (QED) is 0.843. The van der Waals surface area contributed by atoms with Crippen LogP contribution >= 0.6 is 0 Å². The van der Waals surface area contributed by atoms with Gasteiger partial charge in [0.05, 0.1) is 20.1 Å². The summed E-state index contributed by atoms with van der Waals surface area (Å²) in [6.45, 7) is 4.38. The van der Waals surface area contributed by atoms with E-state index in [1.165, 1.54) is 0 Å². The monoisotopic (exact) mass is 340 g/mol. The average molecular weight is 340 g/mol. The number of nitrogens with zero attached hydrogens (tertiary/aromatic N) is 1. The Kier molecular flexibility index (Phi) is 6.57. The molecule has 0 radical (unpaired) electrons. The summed E-state index contributed by atoms with van der Waals surface area (Å²) in [4.78, 5) is 26.2. The van der Waals surface area contributed by atoms with Crippen LogP contribution in [0.3, 0.4) is 0 Å². The number of rotatable bonds is 7. The van der Waals surface area contributed by atoms with Crippen molar-refractivity contribution in [2.75, 3.05) is 25.5 Å². The van der Waals surface area contributed by atoms with Crippen molar-refractivity contribution in [3.8, 4) is 5.75 Å². The molecule has 0 unspecified atom stereocenters. The highest BCUT2D eigenvalue weighted by Crippen LogP contribution is 2.16. The number of aryl methyl sites for hydroxylation is 1. The van der Waals surface area contributed by atoms with Gasteiger partial charge in [0.15, 0.2) is 0 Å². The fraction of sp³-hybridized carbons (Fsp3) is 0.300. The average Bonchev–Trinajstić information content (AvgIpc) is 2.61. The summed E-state index contributed by atoms with van der Waals surface area (Å²) >= 11 is 0. The maximum absolute atomic E-state index is 12.4. The molecule has 25 heavy (non-hydrogen) atoms. The lowest BCUT2D eigenvalue weighted by molar-refractivity contribution is -0.133. The van der Waals surface area contributed by atoms with Crippen LogP contribution < -0.4 is 10.1 Å². The highest BCUT2D eigenvalue weighted by Gasteiger charge is 2.16. The Morgan fingerprint density at radius 2 is 1.84 bits per heavy atom. The van der Waals surface area contributed by atoms with Crippen LogP contribution in [0, 0.1) is 6.92 Å². The van der Waals surface area contributed by atoms with E-state index in [0.29, 0.717) is 24.4 Å². The van der Waals surface area contributed by atoms with Crippen molar-refractivity contribution >= 4 is 17.5 Å². The molecule has 5 nitrogen and oxygen atoms in total. The van der Waals surface area contributed by atoms with Gasteiger partial charge in [0, 0.05) is 18.3 Å². The predicted octanol–water partition coefficient (Wildman–Crippen LogP) is 3.03. The number of benzene rings is 2. The smallest absolute Gasteiger partial charge is 0.243 e. The van der Waals surface area contributed by atoms with Crippen molar-refractivity contribution in [1.29, 1.82) is 0 Å². The summed E-state index contributed by atoms with van der Waals surface area (Å²) in [5, 5.41) is 2.79. The van der Waals surface area contributed by atoms with E-state index in [1.54, 1.807) is 36.3 Å². The number of hydrogen-bond donors (Lipinski definition) is 1. The minimum absolute atomic E-state index is 0.0262. The molecule has 0 fully saturated rings. The zero-order chi connectivity index (χ0) is 18.2. The molecule has 0 saturated heterocycles. The Balaban J connectivity index is 1.94. The molecule has 0 aliphatic carbocycles. The lowest BCUT2D eigenvalue weighted by atomic mass is 10.1. The fourth-order valence-corrected chi connectivity index (χ4v) is 2.44. The summed E-state index contributed by atoms with van der Waals surface area (Å²) in [6, 6.07) is 15.0. The summed E-state index contributed by atoms with van der Waals surface area (Å²) in [5.41, 5.74) is 2.75. The topological polar surface area (TPSA) is 58.6 Å². The Hall–Kier alpha value is -2.82. The highest BCUT2D eigenvalue weighted by molar-refractivity contribution is 5.94. The third-order valence-corrected chi connectivity index (χ3v) is 3.90. The molecule has 132 valence electrons. The highest BCUT2D eigenvalue weighted by atomic mass is 16.5.